The minimum absolute atomic E-state index is 0.0345. The molecule has 1 saturated heterocycles. The molecule has 0 spiro atoms. The Morgan fingerprint density at radius 3 is 2.31 bits per heavy atom. The van der Waals surface area contributed by atoms with Gasteiger partial charge in [0.15, 0.2) is 0 Å². The van der Waals surface area contributed by atoms with Crippen LogP contribution in [0.15, 0.2) is 30.3 Å². The number of piperidine rings is 1. The molecule has 0 aromatic heterocycles. The average Bonchev–Trinajstić information content (AvgIpc) is 3.59. The molecule has 2 aliphatic rings. The van der Waals surface area contributed by atoms with Gasteiger partial charge in [0.25, 0.3) is 5.91 Å². The van der Waals surface area contributed by atoms with Gasteiger partial charge in [-0.1, -0.05) is 34.8 Å². The van der Waals surface area contributed by atoms with Crippen LogP contribution in [-0.4, -0.2) is 38.8 Å². The summed E-state index contributed by atoms with van der Waals surface area (Å²) >= 11 is 18.3. The fraction of sp³-hybridized carbons (Fsp3) is 0.381. The minimum atomic E-state index is -3.79. The van der Waals surface area contributed by atoms with E-state index < -0.39 is 32.6 Å². The lowest BCUT2D eigenvalue weighted by Gasteiger charge is -2.34. The molecule has 1 heterocycles. The Morgan fingerprint density at radius 1 is 1.00 bits per heavy atom. The van der Waals surface area contributed by atoms with Gasteiger partial charge in [0.05, 0.1) is 25.9 Å². The first-order valence-electron chi connectivity index (χ1n) is 10.1. The standard InChI is InChI=1S/C21H20Cl3FN2O4S/c22-16-4-1-12(9-17(16)23)27-7-5-13(6-8-27)31-20-11-19(25)15(10-18(20)24)21(28)26-32(29,30)14-2-3-14/h1,4,9-11,13-14H,2-3,5-8H2,(H,26,28). The molecule has 0 bridgehead atoms. The van der Waals surface area contributed by atoms with E-state index in [1.54, 1.807) is 6.07 Å². The lowest BCUT2D eigenvalue weighted by Crippen LogP contribution is -2.38. The Bertz CT molecular complexity index is 1150. The number of nitrogens with one attached hydrogen (secondary N) is 1. The summed E-state index contributed by atoms with van der Waals surface area (Å²) in [7, 11) is -3.79. The number of ether oxygens (including phenoxy) is 1. The third kappa shape index (κ3) is 5.25. The van der Waals surface area contributed by atoms with E-state index in [4.69, 9.17) is 39.5 Å². The molecule has 1 aliphatic carbocycles. The lowest BCUT2D eigenvalue weighted by atomic mass is 10.1. The summed E-state index contributed by atoms with van der Waals surface area (Å²) in [6.07, 6.45) is 2.12. The number of rotatable bonds is 6. The van der Waals surface area contributed by atoms with Gasteiger partial charge in [-0.05, 0) is 37.1 Å². The third-order valence-corrected chi connectivity index (χ3v) is 8.32. The molecule has 6 nitrogen and oxygen atoms in total. The SMILES string of the molecule is O=C(NS(=O)(=O)C1CC1)c1cc(Cl)c(OC2CCN(c3ccc(Cl)c(Cl)c3)CC2)cc1F. The van der Waals surface area contributed by atoms with E-state index in [-0.39, 0.29) is 16.9 Å². The Kier molecular flexibility index (Phi) is 6.77. The number of nitrogens with zero attached hydrogens (tertiary/aromatic N) is 1. The van der Waals surface area contributed by atoms with Crippen molar-refractivity contribution in [2.24, 2.45) is 0 Å². The fourth-order valence-corrected chi connectivity index (χ4v) is 5.32. The number of sulfonamides is 1. The molecule has 0 atom stereocenters. The van der Waals surface area contributed by atoms with Gasteiger partial charge in [0.2, 0.25) is 10.0 Å². The second kappa shape index (κ2) is 9.25. The van der Waals surface area contributed by atoms with Gasteiger partial charge in [0.1, 0.15) is 17.7 Å². The van der Waals surface area contributed by atoms with Crippen LogP contribution in [0.4, 0.5) is 10.1 Å². The lowest BCUT2D eigenvalue weighted by molar-refractivity contribution is 0.0977. The third-order valence-electron chi connectivity index (χ3n) is 5.47. The van der Waals surface area contributed by atoms with E-state index in [9.17, 15) is 17.6 Å². The van der Waals surface area contributed by atoms with Crippen LogP contribution in [-0.2, 0) is 10.0 Å². The fourth-order valence-electron chi connectivity index (χ4n) is 3.53. The predicted octanol–water partition coefficient (Wildman–Crippen LogP) is 5.06. The van der Waals surface area contributed by atoms with E-state index in [0.29, 0.717) is 48.8 Å². The molecule has 0 radical (unpaired) electrons. The molecule has 32 heavy (non-hydrogen) atoms. The second-order valence-electron chi connectivity index (χ2n) is 7.84. The second-order valence-corrected chi connectivity index (χ2v) is 11.0. The first-order chi connectivity index (χ1) is 15.1. The van der Waals surface area contributed by atoms with Crippen molar-refractivity contribution in [1.29, 1.82) is 0 Å². The molecule has 11 heteroatoms. The van der Waals surface area contributed by atoms with Gasteiger partial charge < -0.3 is 9.64 Å². The number of hydrogen-bond acceptors (Lipinski definition) is 5. The monoisotopic (exact) mass is 520 g/mol. The van der Waals surface area contributed by atoms with Crippen LogP contribution >= 0.6 is 34.8 Å². The molecule has 2 aromatic rings. The number of amides is 1. The summed E-state index contributed by atoms with van der Waals surface area (Å²) in [6.45, 7) is 1.39. The van der Waals surface area contributed by atoms with Gasteiger partial charge >= 0.3 is 0 Å². The maximum absolute atomic E-state index is 14.6. The number of carbonyl (C=O) groups is 1. The summed E-state index contributed by atoms with van der Waals surface area (Å²) in [5.41, 5.74) is 0.513. The Morgan fingerprint density at radius 2 is 1.69 bits per heavy atom. The molecule has 2 fully saturated rings. The normalized spacial score (nSPS) is 17.3. The zero-order valence-corrected chi connectivity index (χ0v) is 19.9. The quantitative estimate of drug-likeness (QED) is 0.575. The van der Waals surface area contributed by atoms with Crippen molar-refractivity contribution in [2.75, 3.05) is 18.0 Å². The highest BCUT2D eigenvalue weighted by Crippen LogP contribution is 2.33. The summed E-state index contributed by atoms with van der Waals surface area (Å²) < 4.78 is 46.2. The van der Waals surface area contributed by atoms with E-state index in [0.717, 1.165) is 17.8 Å². The first kappa shape index (κ1) is 23.4. The minimum Gasteiger partial charge on any atom is -0.489 e. The number of carbonyl (C=O) groups excluding carboxylic acids is 1. The predicted molar refractivity (Wildman–Crippen MR) is 123 cm³/mol. The molecule has 4 rings (SSSR count). The van der Waals surface area contributed by atoms with Crippen LogP contribution in [0, 0.1) is 5.82 Å². The molecule has 0 unspecified atom stereocenters. The van der Waals surface area contributed by atoms with Crippen LogP contribution in [0.1, 0.15) is 36.0 Å². The topological polar surface area (TPSA) is 75.7 Å². The number of anilines is 1. The highest BCUT2D eigenvalue weighted by atomic mass is 35.5. The number of hydrogen-bond donors (Lipinski definition) is 1. The van der Waals surface area contributed by atoms with Gasteiger partial charge in [-0.25, -0.2) is 17.5 Å². The van der Waals surface area contributed by atoms with E-state index >= 15 is 0 Å². The van der Waals surface area contributed by atoms with Crippen LogP contribution in [0.3, 0.4) is 0 Å². The van der Waals surface area contributed by atoms with Crippen LogP contribution in [0.2, 0.25) is 15.1 Å². The number of benzene rings is 2. The zero-order valence-electron chi connectivity index (χ0n) is 16.8. The molecular formula is C21H20Cl3FN2O4S. The molecule has 1 aliphatic heterocycles. The van der Waals surface area contributed by atoms with Gasteiger partial charge in [-0.3, -0.25) is 4.79 Å². The van der Waals surface area contributed by atoms with Crippen LogP contribution in [0.25, 0.3) is 0 Å². The molecule has 172 valence electrons. The summed E-state index contributed by atoms with van der Waals surface area (Å²) in [5, 5.41) is 0.418. The van der Waals surface area contributed by atoms with Crippen LogP contribution in [0.5, 0.6) is 5.75 Å². The van der Waals surface area contributed by atoms with Crippen LogP contribution < -0.4 is 14.4 Å². The summed E-state index contributed by atoms with van der Waals surface area (Å²) in [6, 6.07) is 7.57. The van der Waals surface area contributed by atoms with Crippen molar-refractivity contribution in [2.45, 2.75) is 37.0 Å². The molecule has 1 N–H and O–H groups in total. The van der Waals surface area contributed by atoms with Crippen molar-refractivity contribution in [3.05, 3.63) is 56.8 Å². The molecule has 2 aromatic carbocycles. The molecule has 1 saturated carbocycles. The van der Waals surface area contributed by atoms with E-state index in [1.165, 1.54) is 0 Å². The van der Waals surface area contributed by atoms with Crippen molar-refractivity contribution in [1.82, 2.24) is 4.72 Å². The maximum Gasteiger partial charge on any atom is 0.267 e. The van der Waals surface area contributed by atoms with Crippen molar-refractivity contribution in [3.63, 3.8) is 0 Å². The van der Waals surface area contributed by atoms with Gasteiger partial charge in [0, 0.05) is 37.7 Å². The van der Waals surface area contributed by atoms with Crippen molar-refractivity contribution in [3.8, 4) is 5.75 Å². The van der Waals surface area contributed by atoms with E-state index in [1.807, 2.05) is 16.9 Å². The maximum atomic E-state index is 14.6. The summed E-state index contributed by atoms with van der Waals surface area (Å²) in [4.78, 5) is 14.4. The Balaban J connectivity index is 1.39. The highest BCUT2D eigenvalue weighted by molar-refractivity contribution is 7.91. The largest absolute Gasteiger partial charge is 0.489 e. The highest BCUT2D eigenvalue weighted by Gasteiger charge is 2.37. The first-order valence-corrected chi connectivity index (χ1v) is 12.7. The number of halogens is 4. The Labute approximate surface area is 200 Å². The van der Waals surface area contributed by atoms with Crippen molar-refractivity contribution < 1.29 is 22.3 Å². The summed E-state index contributed by atoms with van der Waals surface area (Å²) in [5.74, 6) is -1.84. The molecule has 1 amide bonds. The van der Waals surface area contributed by atoms with Gasteiger partial charge in [-0.15, -0.1) is 0 Å². The zero-order chi connectivity index (χ0) is 23.0. The van der Waals surface area contributed by atoms with Crippen molar-refractivity contribution >= 4 is 56.4 Å². The smallest absolute Gasteiger partial charge is 0.267 e. The molecular weight excluding hydrogens is 502 g/mol. The van der Waals surface area contributed by atoms with E-state index in [2.05, 4.69) is 4.90 Å². The van der Waals surface area contributed by atoms with Gasteiger partial charge in [-0.2, -0.15) is 0 Å². The average molecular weight is 522 g/mol. The Hall–Kier alpha value is -1.74.